The van der Waals surface area contributed by atoms with Gasteiger partial charge in [-0.2, -0.15) is 9.29 Å². The van der Waals surface area contributed by atoms with E-state index in [4.69, 9.17) is 4.52 Å². The maximum absolute atomic E-state index is 12.9. The van der Waals surface area contributed by atoms with Crippen LogP contribution in [-0.4, -0.2) is 46.8 Å². The molecule has 0 bridgehead atoms. The molecule has 10 heteroatoms. The summed E-state index contributed by atoms with van der Waals surface area (Å²) < 4.78 is 32.1. The summed E-state index contributed by atoms with van der Waals surface area (Å²) in [6.45, 7) is 4.33. The highest BCUT2D eigenvalue weighted by molar-refractivity contribution is 7.89. The van der Waals surface area contributed by atoms with Gasteiger partial charge in [0.2, 0.25) is 21.7 Å². The zero-order valence-corrected chi connectivity index (χ0v) is 20.2. The van der Waals surface area contributed by atoms with Crippen LogP contribution in [0.3, 0.4) is 0 Å². The van der Waals surface area contributed by atoms with Crippen molar-refractivity contribution < 1.29 is 17.7 Å². The molecule has 0 aliphatic rings. The van der Waals surface area contributed by atoms with Crippen molar-refractivity contribution in [2.45, 2.75) is 25.2 Å². The lowest BCUT2D eigenvalue weighted by Crippen LogP contribution is -2.30. The molecular weight excluding hydrogens is 466 g/mol. The number of hydrogen-bond donors (Lipinski definition) is 1. The molecule has 0 atom stereocenters. The van der Waals surface area contributed by atoms with E-state index in [1.807, 2.05) is 18.2 Å². The number of benzene rings is 2. The van der Waals surface area contributed by atoms with Crippen molar-refractivity contribution in [2.75, 3.05) is 18.4 Å². The number of anilines is 1. The fourth-order valence-corrected chi connectivity index (χ4v) is 5.05. The van der Waals surface area contributed by atoms with Crippen molar-refractivity contribution in [3.05, 3.63) is 90.1 Å². The Hall–Kier alpha value is -3.89. The van der Waals surface area contributed by atoms with Crippen molar-refractivity contribution >= 4 is 21.6 Å². The van der Waals surface area contributed by atoms with Crippen LogP contribution in [0.4, 0.5) is 5.69 Å². The summed E-state index contributed by atoms with van der Waals surface area (Å²) in [7, 11) is -3.59. The largest absolute Gasteiger partial charge is 0.339 e. The summed E-state index contributed by atoms with van der Waals surface area (Å²) >= 11 is 0. The minimum Gasteiger partial charge on any atom is -0.339 e. The van der Waals surface area contributed by atoms with Crippen LogP contribution in [0, 0.1) is 0 Å². The van der Waals surface area contributed by atoms with Gasteiger partial charge < -0.3 is 9.84 Å². The summed E-state index contributed by atoms with van der Waals surface area (Å²) in [6, 6.07) is 16.8. The Bertz CT molecular complexity index is 1400. The van der Waals surface area contributed by atoms with E-state index >= 15 is 0 Å². The van der Waals surface area contributed by atoms with Crippen LogP contribution in [0.1, 0.15) is 35.7 Å². The topological polar surface area (TPSA) is 118 Å². The summed E-state index contributed by atoms with van der Waals surface area (Å²) in [4.78, 5) is 21.5. The number of carbonyl (C=O) groups excluding carboxylic acids is 1. The first-order chi connectivity index (χ1) is 16.9. The lowest BCUT2D eigenvalue weighted by Gasteiger charge is -2.18. The van der Waals surface area contributed by atoms with Gasteiger partial charge in [-0.15, -0.1) is 0 Å². The van der Waals surface area contributed by atoms with E-state index in [0.29, 0.717) is 42.5 Å². The third-order valence-corrected chi connectivity index (χ3v) is 7.54. The predicted octanol–water partition coefficient (Wildman–Crippen LogP) is 4.01. The number of pyridine rings is 1. The molecular formula is C25H25N5O4S. The van der Waals surface area contributed by atoms with Crippen molar-refractivity contribution in [3.8, 4) is 11.4 Å². The normalized spacial score (nSPS) is 11.5. The highest BCUT2D eigenvalue weighted by Crippen LogP contribution is 2.22. The van der Waals surface area contributed by atoms with Crippen LogP contribution in [0.5, 0.6) is 0 Å². The number of hydrogen-bond acceptors (Lipinski definition) is 7. The summed E-state index contributed by atoms with van der Waals surface area (Å²) in [5, 5.41) is 6.91. The van der Waals surface area contributed by atoms with Crippen LogP contribution in [0.25, 0.3) is 11.4 Å². The van der Waals surface area contributed by atoms with Crippen molar-refractivity contribution in [2.24, 2.45) is 0 Å². The molecule has 0 aliphatic carbocycles. The number of carbonyl (C=O) groups is 1. The minimum atomic E-state index is -3.59. The first kappa shape index (κ1) is 24.2. The smallest absolute Gasteiger partial charge is 0.255 e. The fourth-order valence-electron chi connectivity index (χ4n) is 3.59. The van der Waals surface area contributed by atoms with E-state index in [9.17, 15) is 13.2 Å². The van der Waals surface area contributed by atoms with E-state index in [2.05, 4.69) is 20.4 Å². The minimum absolute atomic E-state index is 0.152. The molecule has 0 unspecified atom stereocenters. The van der Waals surface area contributed by atoms with Gasteiger partial charge in [0.05, 0.1) is 11.3 Å². The van der Waals surface area contributed by atoms with Gasteiger partial charge in [-0.05, 0) is 48.0 Å². The summed E-state index contributed by atoms with van der Waals surface area (Å²) in [5.41, 5.74) is 2.53. The maximum Gasteiger partial charge on any atom is 0.255 e. The first-order valence-corrected chi connectivity index (χ1v) is 12.6. The number of nitrogens with one attached hydrogen (secondary N) is 1. The molecule has 4 aromatic rings. The molecule has 0 fully saturated rings. The Labute approximate surface area is 203 Å². The van der Waals surface area contributed by atoms with Crippen molar-refractivity contribution in [1.82, 2.24) is 19.4 Å². The highest BCUT2D eigenvalue weighted by atomic mass is 32.2. The SMILES string of the molecule is CCN(CC)S(=O)(=O)c1ccc(C(=O)Nc2ccccc2Cc2nc(-c3ccncc3)no2)cc1. The second-order valence-corrected chi connectivity index (χ2v) is 9.59. The Kier molecular flexibility index (Phi) is 7.33. The summed E-state index contributed by atoms with van der Waals surface area (Å²) in [5.74, 6) is 0.514. The summed E-state index contributed by atoms with van der Waals surface area (Å²) in [6.07, 6.45) is 3.64. The number of sulfonamides is 1. The van der Waals surface area contributed by atoms with E-state index in [0.717, 1.165) is 11.1 Å². The zero-order valence-electron chi connectivity index (χ0n) is 19.4. The van der Waals surface area contributed by atoms with Crippen LogP contribution in [0.15, 0.2) is 82.5 Å². The third kappa shape index (κ3) is 5.44. The van der Waals surface area contributed by atoms with Crippen molar-refractivity contribution in [3.63, 3.8) is 0 Å². The first-order valence-electron chi connectivity index (χ1n) is 11.1. The molecule has 2 aromatic heterocycles. The predicted molar refractivity (Wildman–Crippen MR) is 131 cm³/mol. The van der Waals surface area contributed by atoms with E-state index in [1.165, 1.54) is 28.6 Å². The number of para-hydroxylation sites is 1. The number of rotatable bonds is 9. The lowest BCUT2D eigenvalue weighted by molar-refractivity contribution is 0.102. The maximum atomic E-state index is 12.9. The molecule has 2 aromatic carbocycles. The van der Waals surface area contributed by atoms with Gasteiger partial charge in [-0.3, -0.25) is 9.78 Å². The van der Waals surface area contributed by atoms with E-state index in [1.54, 1.807) is 44.4 Å². The van der Waals surface area contributed by atoms with E-state index < -0.39 is 10.0 Å². The van der Waals surface area contributed by atoms with Crippen LogP contribution in [-0.2, 0) is 16.4 Å². The Morgan fingerprint density at radius 3 is 2.34 bits per heavy atom. The third-order valence-electron chi connectivity index (χ3n) is 5.47. The van der Waals surface area contributed by atoms with Crippen LogP contribution >= 0.6 is 0 Å². The second-order valence-electron chi connectivity index (χ2n) is 7.65. The average molecular weight is 492 g/mol. The monoisotopic (exact) mass is 491 g/mol. The van der Waals surface area contributed by atoms with Gasteiger partial charge in [0, 0.05) is 42.3 Å². The van der Waals surface area contributed by atoms with E-state index in [-0.39, 0.29) is 10.8 Å². The Morgan fingerprint density at radius 2 is 1.66 bits per heavy atom. The number of nitrogens with zero attached hydrogens (tertiary/aromatic N) is 4. The molecule has 9 nitrogen and oxygen atoms in total. The van der Waals surface area contributed by atoms with Gasteiger partial charge in [0.1, 0.15) is 0 Å². The fraction of sp³-hybridized carbons (Fsp3) is 0.200. The molecule has 0 aliphatic heterocycles. The zero-order chi connectivity index (χ0) is 24.8. The molecule has 1 N–H and O–H groups in total. The van der Waals surface area contributed by atoms with Gasteiger partial charge in [0.15, 0.2) is 0 Å². The van der Waals surface area contributed by atoms with Gasteiger partial charge in [-0.1, -0.05) is 37.2 Å². The van der Waals surface area contributed by atoms with Gasteiger partial charge in [-0.25, -0.2) is 8.42 Å². The number of aromatic nitrogens is 3. The van der Waals surface area contributed by atoms with Gasteiger partial charge in [0.25, 0.3) is 5.91 Å². The van der Waals surface area contributed by atoms with Crippen LogP contribution < -0.4 is 5.32 Å². The molecule has 0 saturated carbocycles. The van der Waals surface area contributed by atoms with Crippen LogP contribution in [0.2, 0.25) is 0 Å². The standard InChI is InChI=1S/C25H25N5O4S/c1-3-30(4-2)35(32,33)21-11-9-19(10-12-21)25(31)27-22-8-6-5-7-20(22)17-23-28-24(29-34-23)18-13-15-26-16-14-18/h5-16H,3-4,17H2,1-2H3,(H,27,31). The quantitative estimate of drug-likeness (QED) is 0.376. The molecule has 2 heterocycles. The van der Waals surface area contributed by atoms with Gasteiger partial charge >= 0.3 is 0 Å². The lowest BCUT2D eigenvalue weighted by atomic mass is 10.1. The Morgan fingerprint density at radius 1 is 0.971 bits per heavy atom. The average Bonchev–Trinajstić information content (AvgIpc) is 3.35. The van der Waals surface area contributed by atoms with Crippen molar-refractivity contribution in [1.29, 1.82) is 0 Å². The number of amides is 1. The molecule has 4 rings (SSSR count). The molecule has 0 radical (unpaired) electrons. The highest BCUT2D eigenvalue weighted by Gasteiger charge is 2.22. The second kappa shape index (κ2) is 10.6. The molecule has 0 spiro atoms. The molecule has 35 heavy (non-hydrogen) atoms. The molecule has 0 saturated heterocycles. The Balaban J connectivity index is 1.49. The molecule has 180 valence electrons. The molecule has 1 amide bonds.